The van der Waals surface area contributed by atoms with Crippen molar-refractivity contribution in [3.63, 3.8) is 0 Å². The van der Waals surface area contributed by atoms with Crippen molar-refractivity contribution in [2.75, 3.05) is 13.1 Å². The lowest BCUT2D eigenvalue weighted by atomic mass is 9.85. The van der Waals surface area contributed by atoms with E-state index in [1.807, 2.05) is 0 Å². The van der Waals surface area contributed by atoms with Gasteiger partial charge in [0.1, 0.15) is 0 Å². The van der Waals surface area contributed by atoms with Gasteiger partial charge in [-0.2, -0.15) is 0 Å². The molecular formula is C19H40N2. The molecule has 0 aromatic carbocycles. The Kier molecular flexibility index (Phi) is 8.89. The molecule has 1 saturated carbocycles. The van der Waals surface area contributed by atoms with E-state index < -0.39 is 0 Å². The molecule has 1 aliphatic rings. The fraction of sp³-hybridized carbons (Fsp3) is 1.00. The minimum Gasteiger partial charge on any atom is -0.329 e. The van der Waals surface area contributed by atoms with Crippen LogP contribution in [0.2, 0.25) is 0 Å². The Labute approximate surface area is 133 Å². The zero-order valence-electron chi connectivity index (χ0n) is 15.2. The zero-order valence-corrected chi connectivity index (χ0v) is 15.2. The van der Waals surface area contributed by atoms with Gasteiger partial charge >= 0.3 is 0 Å². The van der Waals surface area contributed by atoms with Crippen LogP contribution in [0.4, 0.5) is 0 Å². The molecular weight excluding hydrogens is 256 g/mol. The van der Waals surface area contributed by atoms with Crippen LogP contribution in [0.1, 0.15) is 91.9 Å². The van der Waals surface area contributed by atoms with Crippen molar-refractivity contribution in [2.45, 2.75) is 103 Å². The van der Waals surface area contributed by atoms with Gasteiger partial charge in [-0.15, -0.1) is 0 Å². The molecule has 0 radical (unpaired) electrons. The molecule has 2 nitrogen and oxygen atoms in total. The van der Waals surface area contributed by atoms with E-state index in [2.05, 4.69) is 32.6 Å². The second-order valence-electron chi connectivity index (χ2n) is 7.32. The molecule has 0 amide bonds. The number of nitrogens with zero attached hydrogens (tertiary/aromatic N) is 1. The molecule has 3 unspecified atom stereocenters. The summed E-state index contributed by atoms with van der Waals surface area (Å²) in [5, 5.41) is 0. The Morgan fingerprint density at radius 3 is 2.48 bits per heavy atom. The number of nitrogens with two attached hydrogens (primary N) is 1. The van der Waals surface area contributed by atoms with Crippen LogP contribution in [0.5, 0.6) is 0 Å². The summed E-state index contributed by atoms with van der Waals surface area (Å²) in [5.74, 6) is 0.952. The summed E-state index contributed by atoms with van der Waals surface area (Å²) in [6.07, 6.45) is 13.4. The molecule has 0 heterocycles. The quantitative estimate of drug-likeness (QED) is 0.609. The zero-order chi connectivity index (χ0) is 15.7. The van der Waals surface area contributed by atoms with Gasteiger partial charge < -0.3 is 5.73 Å². The summed E-state index contributed by atoms with van der Waals surface area (Å²) >= 11 is 0. The van der Waals surface area contributed by atoms with Gasteiger partial charge in [-0.05, 0) is 51.5 Å². The van der Waals surface area contributed by atoms with Crippen molar-refractivity contribution in [2.24, 2.45) is 11.7 Å². The van der Waals surface area contributed by atoms with Gasteiger partial charge in [0.25, 0.3) is 0 Å². The fourth-order valence-corrected chi connectivity index (χ4v) is 4.24. The maximum absolute atomic E-state index is 6.35. The second-order valence-corrected chi connectivity index (χ2v) is 7.32. The summed E-state index contributed by atoms with van der Waals surface area (Å²) < 4.78 is 0. The topological polar surface area (TPSA) is 29.3 Å². The van der Waals surface area contributed by atoms with Gasteiger partial charge in [-0.25, -0.2) is 0 Å². The molecule has 0 bridgehead atoms. The SMILES string of the molecule is CCCCN(C(C)CC)C1(CN)CCCC(CCC)CC1. The van der Waals surface area contributed by atoms with Crippen molar-refractivity contribution >= 4 is 0 Å². The summed E-state index contributed by atoms with van der Waals surface area (Å²) in [6.45, 7) is 11.4. The van der Waals surface area contributed by atoms with Crippen LogP contribution >= 0.6 is 0 Å². The van der Waals surface area contributed by atoms with Gasteiger partial charge in [-0.3, -0.25) is 4.90 Å². The maximum Gasteiger partial charge on any atom is 0.0334 e. The normalized spacial score (nSPS) is 28.6. The van der Waals surface area contributed by atoms with Crippen LogP contribution in [0.15, 0.2) is 0 Å². The lowest BCUT2D eigenvalue weighted by Gasteiger charge is -2.47. The van der Waals surface area contributed by atoms with E-state index in [0.29, 0.717) is 6.04 Å². The van der Waals surface area contributed by atoms with E-state index in [0.717, 1.165) is 12.5 Å². The average Bonchev–Trinajstić information content (AvgIpc) is 2.71. The molecule has 1 rings (SSSR count). The predicted molar refractivity (Wildman–Crippen MR) is 94.6 cm³/mol. The van der Waals surface area contributed by atoms with Crippen LogP contribution in [-0.2, 0) is 0 Å². The minimum atomic E-state index is 0.285. The summed E-state index contributed by atoms with van der Waals surface area (Å²) in [4.78, 5) is 2.80. The number of rotatable bonds is 9. The van der Waals surface area contributed by atoms with E-state index >= 15 is 0 Å². The Balaban J connectivity index is 2.82. The molecule has 2 N–H and O–H groups in total. The van der Waals surface area contributed by atoms with Crippen LogP contribution < -0.4 is 5.73 Å². The number of hydrogen-bond acceptors (Lipinski definition) is 2. The highest BCUT2D eigenvalue weighted by molar-refractivity contribution is 4.96. The molecule has 0 aromatic heterocycles. The highest BCUT2D eigenvalue weighted by Gasteiger charge is 2.38. The van der Waals surface area contributed by atoms with E-state index in [4.69, 9.17) is 5.73 Å². The van der Waals surface area contributed by atoms with Gasteiger partial charge in [0, 0.05) is 18.1 Å². The first-order chi connectivity index (χ1) is 10.1. The molecule has 0 aromatic rings. The third-order valence-electron chi connectivity index (χ3n) is 5.83. The van der Waals surface area contributed by atoms with Gasteiger partial charge in [0.05, 0.1) is 0 Å². The first-order valence-electron chi connectivity index (χ1n) is 9.60. The van der Waals surface area contributed by atoms with Crippen LogP contribution in [0, 0.1) is 5.92 Å². The maximum atomic E-state index is 6.35. The van der Waals surface area contributed by atoms with Crippen LogP contribution in [0.3, 0.4) is 0 Å². The standard InChI is InChI=1S/C19H40N2/c1-5-8-15-21(17(4)7-3)19(16-20)13-9-11-18(10-6-2)12-14-19/h17-18H,5-16,20H2,1-4H3. The van der Waals surface area contributed by atoms with Crippen molar-refractivity contribution < 1.29 is 0 Å². The molecule has 3 atom stereocenters. The Hall–Kier alpha value is -0.0800. The lowest BCUT2D eigenvalue weighted by Crippen LogP contribution is -2.57. The molecule has 2 heteroatoms. The van der Waals surface area contributed by atoms with Crippen molar-refractivity contribution in [1.29, 1.82) is 0 Å². The highest BCUT2D eigenvalue weighted by atomic mass is 15.2. The smallest absolute Gasteiger partial charge is 0.0334 e. The third kappa shape index (κ3) is 5.25. The monoisotopic (exact) mass is 296 g/mol. The Morgan fingerprint density at radius 1 is 1.14 bits per heavy atom. The van der Waals surface area contributed by atoms with Crippen molar-refractivity contribution in [1.82, 2.24) is 4.90 Å². The first kappa shape index (κ1) is 19.0. The first-order valence-corrected chi connectivity index (χ1v) is 9.60. The molecule has 0 spiro atoms. The van der Waals surface area contributed by atoms with Crippen LogP contribution in [0.25, 0.3) is 0 Å². The van der Waals surface area contributed by atoms with E-state index in [1.54, 1.807) is 0 Å². The number of unbranched alkanes of at least 4 members (excludes halogenated alkanes) is 1. The van der Waals surface area contributed by atoms with E-state index in [1.165, 1.54) is 70.8 Å². The Bertz CT molecular complexity index is 266. The minimum absolute atomic E-state index is 0.285. The molecule has 126 valence electrons. The third-order valence-corrected chi connectivity index (χ3v) is 5.83. The molecule has 0 aliphatic heterocycles. The Morgan fingerprint density at radius 2 is 1.90 bits per heavy atom. The van der Waals surface area contributed by atoms with Gasteiger partial charge in [0.15, 0.2) is 0 Å². The van der Waals surface area contributed by atoms with Crippen LogP contribution in [-0.4, -0.2) is 29.6 Å². The highest BCUT2D eigenvalue weighted by Crippen LogP contribution is 2.37. The molecule has 1 aliphatic carbocycles. The lowest BCUT2D eigenvalue weighted by molar-refractivity contribution is 0.0372. The van der Waals surface area contributed by atoms with Gasteiger partial charge in [0.2, 0.25) is 0 Å². The largest absolute Gasteiger partial charge is 0.329 e. The molecule has 0 saturated heterocycles. The number of hydrogen-bond donors (Lipinski definition) is 1. The predicted octanol–water partition coefficient (Wildman–Crippen LogP) is 4.96. The summed E-state index contributed by atoms with van der Waals surface area (Å²) in [7, 11) is 0. The van der Waals surface area contributed by atoms with Crippen molar-refractivity contribution in [3.05, 3.63) is 0 Å². The van der Waals surface area contributed by atoms with Crippen molar-refractivity contribution in [3.8, 4) is 0 Å². The summed E-state index contributed by atoms with van der Waals surface area (Å²) in [5.41, 5.74) is 6.64. The summed E-state index contributed by atoms with van der Waals surface area (Å²) in [6, 6.07) is 0.669. The van der Waals surface area contributed by atoms with E-state index in [-0.39, 0.29) is 5.54 Å². The molecule has 1 fully saturated rings. The molecule has 21 heavy (non-hydrogen) atoms. The average molecular weight is 297 g/mol. The van der Waals surface area contributed by atoms with E-state index in [9.17, 15) is 0 Å². The van der Waals surface area contributed by atoms with Gasteiger partial charge in [-0.1, -0.05) is 52.9 Å². The second kappa shape index (κ2) is 9.84. The fourth-order valence-electron chi connectivity index (χ4n) is 4.24.